The van der Waals surface area contributed by atoms with Gasteiger partial charge in [-0.1, -0.05) is 6.07 Å². The van der Waals surface area contributed by atoms with E-state index in [1.54, 1.807) is 6.07 Å². The molecule has 2 fully saturated rings. The number of fused-ring (bicyclic) bond motifs is 2. The van der Waals surface area contributed by atoms with Gasteiger partial charge in [0.2, 0.25) is 0 Å². The van der Waals surface area contributed by atoms with Crippen molar-refractivity contribution >= 4 is 11.7 Å². The summed E-state index contributed by atoms with van der Waals surface area (Å²) in [6.45, 7) is 1.34. The predicted molar refractivity (Wildman–Crippen MR) is 87.1 cm³/mol. The molecule has 126 valence electrons. The highest BCUT2D eigenvalue weighted by molar-refractivity contribution is 5.74. The third-order valence-corrected chi connectivity index (χ3v) is 4.63. The zero-order valence-corrected chi connectivity index (χ0v) is 13.4. The van der Waals surface area contributed by atoms with Crippen molar-refractivity contribution in [2.45, 2.75) is 43.9 Å². The molecule has 3 unspecified atom stereocenters. The highest BCUT2D eigenvalue weighted by atomic mass is 19.1. The van der Waals surface area contributed by atoms with Crippen LogP contribution < -0.4 is 15.5 Å². The molecule has 2 N–H and O–H groups in total. The number of benzene rings is 1. The quantitative estimate of drug-likeness (QED) is 0.790. The van der Waals surface area contributed by atoms with Crippen molar-refractivity contribution in [3.63, 3.8) is 0 Å². The highest BCUT2D eigenvalue weighted by Crippen LogP contribution is 2.34. The largest absolute Gasteiger partial charge is 0.374 e. The molecule has 0 aliphatic carbocycles. The maximum Gasteiger partial charge on any atom is 0.315 e. The van der Waals surface area contributed by atoms with E-state index in [1.165, 1.54) is 12.1 Å². The molecule has 0 aromatic heterocycles. The van der Waals surface area contributed by atoms with Gasteiger partial charge in [0, 0.05) is 25.8 Å². The van der Waals surface area contributed by atoms with Crippen LogP contribution in [0.4, 0.5) is 14.9 Å². The van der Waals surface area contributed by atoms with Crippen molar-refractivity contribution in [3.8, 4) is 0 Å². The minimum Gasteiger partial charge on any atom is -0.374 e. The summed E-state index contributed by atoms with van der Waals surface area (Å²) < 4.78 is 18.9. The molecule has 0 spiro atoms. The Morgan fingerprint density at radius 1 is 1.43 bits per heavy atom. The van der Waals surface area contributed by atoms with E-state index in [-0.39, 0.29) is 24.0 Å². The van der Waals surface area contributed by atoms with Crippen LogP contribution in [0.3, 0.4) is 0 Å². The minimum absolute atomic E-state index is 0.125. The molecule has 3 atom stereocenters. The standard InChI is InChI=1S/C17H24FN3O2/c1-21(13-5-2-4-12(18)10-13)9-3-8-19-17(22)20-15-11-14-6-7-16(15)23-14/h2,4-5,10,14-16H,3,6-9,11H2,1H3,(H2,19,20,22). The molecule has 5 nitrogen and oxygen atoms in total. The van der Waals surface area contributed by atoms with Crippen LogP contribution in [0.5, 0.6) is 0 Å². The molecular weight excluding hydrogens is 297 g/mol. The Balaban J connectivity index is 1.32. The van der Waals surface area contributed by atoms with Crippen LogP contribution in [0.15, 0.2) is 24.3 Å². The zero-order valence-electron chi connectivity index (χ0n) is 13.4. The maximum atomic E-state index is 13.2. The van der Waals surface area contributed by atoms with Crippen LogP contribution >= 0.6 is 0 Å². The Bertz CT molecular complexity index is 554. The van der Waals surface area contributed by atoms with Gasteiger partial charge in [-0.3, -0.25) is 0 Å². The number of hydrogen-bond donors (Lipinski definition) is 2. The van der Waals surface area contributed by atoms with Crippen LogP contribution in [-0.2, 0) is 4.74 Å². The number of carbonyl (C=O) groups excluding carboxylic acids is 1. The second-order valence-corrected chi connectivity index (χ2v) is 6.37. The Morgan fingerprint density at radius 3 is 3.00 bits per heavy atom. The first-order valence-electron chi connectivity index (χ1n) is 8.28. The molecule has 2 amide bonds. The van der Waals surface area contributed by atoms with E-state index in [2.05, 4.69) is 10.6 Å². The molecule has 2 saturated heterocycles. The summed E-state index contributed by atoms with van der Waals surface area (Å²) in [7, 11) is 1.92. The number of halogens is 1. The van der Waals surface area contributed by atoms with Crippen molar-refractivity contribution in [3.05, 3.63) is 30.1 Å². The van der Waals surface area contributed by atoms with E-state index in [1.807, 2.05) is 18.0 Å². The average molecular weight is 321 g/mol. The lowest BCUT2D eigenvalue weighted by Gasteiger charge is -2.21. The summed E-state index contributed by atoms with van der Waals surface area (Å²) in [4.78, 5) is 13.9. The number of ether oxygens (including phenoxy) is 1. The highest BCUT2D eigenvalue weighted by Gasteiger charge is 2.41. The lowest BCUT2D eigenvalue weighted by atomic mass is 9.96. The van der Waals surface area contributed by atoms with Gasteiger partial charge >= 0.3 is 6.03 Å². The number of anilines is 1. The van der Waals surface area contributed by atoms with Crippen molar-refractivity contribution in [1.82, 2.24) is 10.6 Å². The molecule has 6 heteroatoms. The lowest BCUT2D eigenvalue weighted by molar-refractivity contribution is 0.0981. The fourth-order valence-electron chi connectivity index (χ4n) is 3.37. The molecule has 23 heavy (non-hydrogen) atoms. The third kappa shape index (κ3) is 4.13. The number of carbonyl (C=O) groups is 1. The van der Waals surface area contributed by atoms with Crippen molar-refractivity contribution in [1.29, 1.82) is 0 Å². The zero-order chi connectivity index (χ0) is 16.2. The Labute approximate surface area is 136 Å². The van der Waals surface area contributed by atoms with Gasteiger partial charge in [-0.2, -0.15) is 0 Å². The van der Waals surface area contributed by atoms with E-state index in [4.69, 9.17) is 4.74 Å². The van der Waals surface area contributed by atoms with Crippen molar-refractivity contribution < 1.29 is 13.9 Å². The first-order valence-corrected chi connectivity index (χ1v) is 8.28. The topological polar surface area (TPSA) is 53.6 Å². The van der Waals surface area contributed by atoms with E-state index in [0.717, 1.165) is 37.9 Å². The molecule has 2 bridgehead atoms. The van der Waals surface area contributed by atoms with Gasteiger partial charge in [-0.15, -0.1) is 0 Å². The van der Waals surface area contributed by atoms with Gasteiger partial charge in [-0.05, 0) is 43.9 Å². The number of hydrogen-bond acceptors (Lipinski definition) is 3. The van der Waals surface area contributed by atoms with Crippen LogP contribution in [0.1, 0.15) is 25.7 Å². The number of nitrogens with one attached hydrogen (secondary N) is 2. The molecule has 0 saturated carbocycles. The van der Waals surface area contributed by atoms with Crippen molar-refractivity contribution in [2.75, 3.05) is 25.0 Å². The summed E-state index contributed by atoms with van der Waals surface area (Å²) in [5.74, 6) is -0.236. The predicted octanol–water partition coefficient (Wildman–Crippen LogP) is 2.27. The Kier molecular flexibility index (Phi) is 5.00. The molecule has 2 aliphatic rings. The average Bonchev–Trinajstić information content (AvgIpc) is 3.14. The van der Waals surface area contributed by atoms with E-state index < -0.39 is 0 Å². The van der Waals surface area contributed by atoms with E-state index >= 15 is 0 Å². The number of rotatable bonds is 6. The number of amides is 2. The van der Waals surface area contributed by atoms with Crippen LogP contribution in [-0.4, -0.2) is 44.4 Å². The Morgan fingerprint density at radius 2 is 2.30 bits per heavy atom. The molecule has 2 heterocycles. The lowest BCUT2D eigenvalue weighted by Crippen LogP contribution is -2.46. The van der Waals surface area contributed by atoms with E-state index in [0.29, 0.717) is 12.6 Å². The van der Waals surface area contributed by atoms with Gasteiger partial charge in [0.15, 0.2) is 0 Å². The SMILES string of the molecule is CN(CCCNC(=O)NC1CC2CCC1O2)c1cccc(F)c1. The van der Waals surface area contributed by atoms with Crippen molar-refractivity contribution in [2.24, 2.45) is 0 Å². The van der Waals surface area contributed by atoms with Gasteiger partial charge < -0.3 is 20.3 Å². The van der Waals surface area contributed by atoms with E-state index in [9.17, 15) is 9.18 Å². The monoisotopic (exact) mass is 321 g/mol. The fourth-order valence-corrected chi connectivity index (χ4v) is 3.37. The van der Waals surface area contributed by atoms with Crippen LogP contribution in [0.2, 0.25) is 0 Å². The summed E-state index contributed by atoms with van der Waals surface area (Å²) in [6, 6.07) is 6.55. The van der Waals surface area contributed by atoms with Gasteiger partial charge in [0.05, 0.1) is 18.2 Å². The van der Waals surface area contributed by atoms with Gasteiger partial charge in [-0.25, -0.2) is 9.18 Å². The normalized spacial score (nSPS) is 25.4. The minimum atomic E-state index is -0.236. The smallest absolute Gasteiger partial charge is 0.315 e. The summed E-state index contributed by atoms with van der Waals surface area (Å²) in [5, 5.41) is 5.88. The van der Waals surface area contributed by atoms with Crippen LogP contribution in [0, 0.1) is 5.82 Å². The van der Waals surface area contributed by atoms with Gasteiger partial charge in [0.1, 0.15) is 5.82 Å². The Hall–Kier alpha value is -1.82. The van der Waals surface area contributed by atoms with Gasteiger partial charge in [0.25, 0.3) is 0 Å². The fraction of sp³-hybridized carbons (Fsp3) is 0.588. The maximum absolute atomic E-state index is 13.2. The molecule has 0 radical (unpaired) electrons. The summed E-state index contributed by atoms with van der Waals surface area (Å²) in [6.07, 6.45) is 4.44. The first-order chi connectivity index (χ1) is 11.1. The third-order valence-electron chi connectivity index (χ3n) is 4.63. The first kappa shape index (κ1) is 16.1. The second kappa shape index (κ2) is 7.17. The summed E-state index contributed by atoms with van der Waals surface area (Å²) >= 11 is 0. The molecular formula is C17H24FN3O2. The molecule has 2 aliphatic heterocycles. The molecule has 3 rings (SSSR count). The molecule has 1 aromatic rings. The summed E-state index contributed by atoms with van der Waals surface area (Å²) in [5.41, 5.74) is 0.841. The molecule has 1 aromatic carbocycles. The number of nitrogens with zero attached hydrogens (tertiary/aromatic N) is 1. The van der Waals surface area contributed by atoms with Crippen LogP contribution in [0.25, 0.3) is 0 Å². The second-order valence-electron chi connectivity index (χ2n) is 6.37. The number of urea groups is 1.